The second-order valence-electron chi connectivity index (χ2n) is 7.54. The van der Waals surface area contributed by atoms with Crippen molar-refractivity contribution in [2.45, 2.75) is 51.4 Å². The summed E-state index contributed by atoms with van der Waals surface area (Å²) in [4.78, 5) is 15.1. The molecule has 2 saturated heterocycles. The number of carbonyl (C=O) groups is 1. The molecule has 0 unspecified atom stereocenters. The summed E-state index contributed by atoms with van der Waals surface area (Å²) in [6, 6.07) is 10.2. The number of amides is 1. The van der Waals surface area contributed by atoms with Crippen LogP contribution >= 0.6 is 0 Å². The van der Waals surface area contributed by atoms with Gasteiger partial charge in [-0.05, 0) is 39.2 Å². The molecule has 3 heteroatoms. The average Bonchev–Trinajstić information content (AvgIpc) is 2.77. The highest BCUT2D eigenvalue weighted by Gasteiger charge is 2.62. The molecule has 0 aliphatic carbocycles. The van der Waals surface area contributed by atoms with Crippen LogP contribution < -0.4 is 0 Å². The van der Waals surface area contributed by atoms with Gasteiger partial charge < -0.3 is 9.64 Å². The minimum absolute atomic E-state index is 0.212. The number of ether oxygens (including phenoxy) is 1. The lowest BCUT2D eigenvalue weighted by atomic mass is 9.75. The zero-order valence-corrected chi connectivity index (χ0v) is 13.8. The molecule has 2 aliphatic heterocycles. The van der Waals surface area contributed by atoms with E-state index in [2.05, 4.69) is 39.5 Å². The SMILES string of the molecule is C=CC[C@]1(Cc2ccccc2)C[C@@]2(C)OC(C)(C)CN2C1=O. The van der Waals surface area contributed by atoms with E-state index in [0.717, 1.165) is 12.8 Å². The van der Waals surface area contributed by atoms with E-state index in [9.17, 15) is 4.79 Å². The van der Waals surface area contributed by atoms with Gasteiger partial charge in [0, 0.05) is 6.42 Å². The molecule has 2 atom stereocenters. The molecule has 1 amide bonds. The van der Waals surface area contributed by atoms with Crippen molar-refractivity contribution in [2.24, 2.45) is 5.41 Å². The third-order valence-corrected chi connectivity index (χ3v) is 4.89. The molecule has 0 bridgehead atoms. The molecule has 1 aromatic rings. The second-order valence-corrected chi connectivity index (χ2v) is 7.54. The van der Waals surface area contributed by atoms with E-state index < -0.39 is 11.1 Å². The topological polar surface area (TPSA) is 29.5 Å². The number of nitrogens with zero attached hydrogens (tertiary/aromatic N) is 1. The van der Waals surface area contributed by atoms with Gasteiger partial charge >= 0.3 is 0 Å². The molecule has 22 heavy (non-hydrogen) atoms. The van der Waals surface area contributed by atoms with E-state index in [1.165, 1.54) is 5.56 Å². The molecule has 0 spiro atoms. The Bertz CT molecular complexity index is 595. The summed E-state index contributed by atoms with van der Waals surface area (Å²) >= 11 is 0. The maximum Gasteiger partial charge on any atom is 0.231 e. The number of fused-ring (bicyclic) bond motifs is 1. The highest BCUT2D eigenvalue weighted by molar-refractivity contribution is 5.87. The first-order chi connectivity index (χ1) is 10.3. The lowest BCUT2D eigenvalue weighted by Crippen LogP contribution is -2.40. The van der Waals surface area contributed by atoms with Crippen LogP contribution in [0.4, 0.5) is 0 Å². The number of hydrogen-bond donors (Lipinski definition) is 0. The Morgan fingerprint density at radius 3 is 2.55 bits per heavy atom. The standard InChI is InChI=1S/C19H25NO2/c1-5-11-19(12-15-9-7-6-8-10-15)13-18(4)20(16(19)21)14-17(2,3)22-18/h5-10H,1,11-14H2,2-4H3/t18-,19+/m1/s1. The minimum atomic E-state index is -0.488. The minimum Gasteiger partial charge on any atom is -0.348 e. The number of benzene rings is 1. The van der Waals surface area contributed by atoms with Gasteiger partial charge in [-0.25, -0.2) is 0 Å². The van der Waals surface area contributed by atoms with Crippen LogP contribution in [0, 0.1) is 5.41 Å². The molecular formula is C19H25NO2. The van der Waals surface area contributed by atoms with Crippen LogP contribution in [-0.2, 0) is 16.0 Å². The van der Waals surface area contributed by atoms with Crippen molar-refractivity contribution in [1.82, 2.24) is 4.90 Å². The van der Waals surface area contributed by atoms with Crippen molar-refractivity contribution in [1.29, 1.82) is 0 Å². The van der Waals surface area contributed by atoms with Gasteiger partial charge in [0.25, 0.3) is 0 Å². The molecule has 118 valence electrons. The predicted octanol–water partition coefficient (Wildman–Crippen LogP) is 3.55. The normalized spacial score (nSPS) is 33.0. The molecule has 0 radical (unpaired) electrons. The van der Waals surface area contributed by atoms with Gasteiger partial charge in [-0.3, -0.25) is 4.79 Å². The van der Waals surface area contributed by atoms with Gasteiger partial charge in [0.1, 0.15) is 5.72 Å². The summed E-state index contributed by atoms with van der Waals surface area (Å²) < 4.78 is 6.24. The summed E-state index contributed by atoms with van der Waals surface area (Å²) in [5.41, 5.74) is 0.0197. The van der Waals surface area contributed by atoms with Crippen LogP contribution in [0.1, 0.15) is 39.2 Å². The predicted molar refractivity (Wildman–Crippen MR) is 87.3 cm³/mol. The quantitative estimate of drug-likeness (QED) is 0.796. The van der Waals surface area contributed by atoms with E-state index in [4.69, 9.17) is 4.74 Å². The van der Waals surface area contributed by atoms with Crippen LogP contribution in [0.2, 0.25) is 0 Å². The molecule has 3 nitrogen and oxygen atoms in total. The maximum atomic E-state index is 13.2. The highest BCUT2D eigenvalue weighted by atomic mass is 16.6. The third-order valence-electron chi connectivity index (χ3n) is 4.89. The van der Waals surface area contributed by atoms with Crippen LogP contribution in [0.15, 0.2) is 43.0 Å². The van der Waals surface area contributed by atoms with Gasteiger partial charge in [0.15, 0.2) is 0 Å². The van der Waals surface area contributed by atoms with Crippen LogP contribution in [-0.4, -0.2) is 28.7 Å². The van der Waals surface area contributed by atoms with Crippen molar-refractivity contribution in [3.05, 3.63) is 48.6 Å². The largest absolute Gasteiger partial charge is 0.348 e. The molecule has 0 N–H and O–H groups in total. The van der Waals surface area contributed by atoms with Gasteiger partial charge in [0.2, 0.25) is 5.91 Å². The summed E-state index contributed by atoms with van der Waals surface area (Å²) in [6.07, 6.45) is 4.03. The average molecular weight is 299 g/mol. The Hall–Kier alpha value is -1.61. The summed E-state index contributed by atoms with van der Waals surface area (Å²) in [6.45, 7) is 10.7. The molecule has 0 saturated carbocycles. The molecule has 2 fully saturated rings. The van der Waals surface area contributed by atoms with Crippen molar-refractivity contribution < 1.29 is 9.53 Å². The fourth-order valence-corrected chi connectivity index (χ4v) is 4.27. The van der Waals surface area contributed by atoms with Gasteiger partial charge in [0.05, 0.1) is 17.6 Å². The number of carbonyl (C=O) groups excluding carboxylic acids is 1. The molecule has 2 aliphatic rings. The van der Waals surface area contributed by atoms with E-state index in [1.807, 2.05) is 29.2 Å². The van der Waals surface area contributed by atoms with Crippen molar-refractivity contribution in [3.63, 3.8) is 0 Å². The van der Waals surface area contributed by atoms with Crippen LogP contribution in [0.5, 0.6) is 0 Å². The highest BCUT2D eigenvalue weighted by Crippen LogP contribution is 2.52. The zero-order chi connectivity index (χ0) is 16.0. The van der Waals surface area contributed by atoms with Crippen molar-refractivity contribution in [2.75, 3.05) is 6.54 Å². The summed E-state index contributed by atoms with van der Waals surface area (Å²) in [7, 11) is 0. The van der Waals surface area contributed by atoms with Gasteiger partial charge in [-0.15, -0.1) is 6.58 Å². The van der Waals surface area contributed by atoms with Crippen LogP contribution in [0.25, 0.3) is 0 Å². The number of rotatable bonds is 4. The van der Waals surface area contributed by atoms with Crippen molar-refractivity contribution in [3.8, 4) is 0 Å². The van der Waals surface area contributed by atoms with E-state index in [-0.39, 0.29) is 11.5 Å². The maximum absolute atomic E-state index is 13.2. The van der Waals surface area contributed by atoms with E-state index >= 15 is 0 Å². The Morgan fingerprint density at radius 2 is 1.95 bits per heavy atom. The van der Waals surface area contributed by atoms with Crippen molar-refractivity contribution >= 4 is 5.91 Å². The summed E-state index contributed by atoms with van der Waals surface area (Å²) in [5.74, 6) is 0.212. The monoisotopic (exact) mass is 299 g/mol. The fourth-order valence-electron chi connectivity index (χ4n) is 4.27. The van der Waals surface area contributed by atoms with E-state index in [0.29, 0.717) is 13.0 Å². The summed E-state index contributed by atoms with van der Waals surface area (Å²) in [5, 5.41) is 0. The first-order valence-corrected chi connectivity index (χ1v) is 7.97. The first-order valence-electron chi connectivity index (χ1n) is 7.97. The molecule has 0 aromatic heterocycles. The Balaban J connectivity index is 1.93. The Labute approximate surface area is 133 Å². The third kappa shape index (κ3) is 2.38. The first kappa shape index (κ1) is 15.3. The fraction of sp³-hybridized carbons (Fsp3) is 0.526. The lowest BCUT2D eigenvalue weighted by molar-refractivity contribution is -0.141. The van der Waals surface area contributed by atoms with E-state index in [1.54, 1.807) is 0 Å². The Kier molecular flexibility index (Phi) is 3.44. The molecule has 3 rings (SSSR count). The second kappa shape index (κ2) is 4.95. The smallest absolute Gasteiger partial charge is 0.231 e. The molecule has 2 heterocycles. The molecular weight excluding hydrogens is 274 g/mol. The van der Waals surface area contributed by atoms with Crippen LogP contribution in [0.3, 0.4) is 0 Å². The lowest BCUT2D eigenvalue weighted by Gasteiger charge is -2.30. The van der Waals surface area contributed by atoms with Gasteiger partial charge in [-0.2, -0.15) is 0 Å². The molecule has 1 aromatic carbocycles. The van der Waals surface area contributed by atoms with Gasteiger partial charge in [-0.1, -0.05) is 36.4 Å². The number of hydrogen-bond acceptors (Lipinski definition) is 2. The Morgan fingerprint density at radius 1 is 1.27 bits per heavy atom. The number of allylic oxidation sites excluding steroid dienone is 1. The zero-order valence-electron chi connectivity index (χ0n) is 13.8.